The fourth-order valence-electron chi connectivity index (χ4n) is 1.40. The first-order valence-corrected chi connectivity index (χ1v) is 5.42. The molecule has 0 spiro atoms. The van der Waals surface area contributed by atoms with Crippen molar-refractivity contribution in [1.82, 2.24) is 5.32 Å². The molecule has 1 aromatic rings. The van der Waals surface area contributed by atoms with Crippen LogP contribution in [0.2, 0.25) is 0 Å². The second-order valence-electron chi connectivity index (χ2n) is 4.01. The Kier molecular flexibility index (Phi) is 4.75. The van der Waals surface area contributed by atoms with Crippen molar-refractivity contribution in [3.63, 3.8) is 0 Å². The summed E-state index contributed by atoms with van der Waals surface area (Å²) in [5.41, 5.74) is 1.97. The maximum absolute atomic E-state index is 11.7. The van der Waals surface area contributed by atoms with Crippen LogP contribution in [0.25, 0.3) is 0 Å². The lowest BCUT2D eigenvalue weighted by Crippen LogP contribution is -2.23. The highest BCUT2D eigenvalue weighted by atomic mass is 16.1. The van der Waals surface area contributed by atoms with Crippen LogP contribution in [0.1, 0.15) is 35.7 Å². The molecule has 2 heteroatoms. The highest BCUT2D eigenvalue weighted by molar-refractivity contribution is 5.97. The average Bonchev–Trinajstić information content (AvgIpc) is 2.29. The van der Waals surface area contributed by atoms with Crippen LogP contribution in [0.15, 0.2) is 24.3 Å². The first-order valence-electron chi connectivity index (χ1n) is 5.42. The molecule has 0 radical (unpaired) electrons. The predicted molar refractivity (Wildman–Crippen MR) is 66.6 cm³/mol. The molecule has 0 aromatic heterocycles. The molecule has 0 aliphatic rings. The molecule has 1 aromatic carbocycles. The number of ketones is 1. The highest BCUT2D eigenvalue weighted by Gasteiger charge is 2.05. The van der Waals surface area contributed by atoms with Crippen LogP contribution in [0.5, 0.6) is 0 Å². The van der Waals surface area contributed by atoms with Gasteiger partial charge < -0.3 is 0 Å². The minimum atomic E-state index is 0.0746. The molecule has 0 heterocycles. The Morgan fingerprint density at radius 3 is 2.50 bits per heavy atom. The van der Waals surface area contributed by atoms with E-state index < -0.39 is 0 Å². The van der Waals surface area contributed by atoms with E-state index in [4.69, 9.17) is 6.42 Å². The van der Waals surface area contributed by atoms with Crippen molar-refractivity contribution in [1.29, 1.82) is 0 Å². The van der Waals surface area contributed by atoms with Gasteiger partial charge in [0, 0.05) is 5.56 Å². The lowest BCUT2D eigenvalue weighted by atomic mass is 10.0. The van der Waals surface area contributed by atoms with E-state index in [9.17, 15) is 4.79 Å². The molecule has 1 N–H and O–H groups in total. The van der Waals surface area contributed by atoms with Gasteiger partial charge in [-0.25, -0.2) is 0 Å². The predicted octanol–water partition coefficient (Wildman–Crippen LogP) is 2.22. The van der Waals surface area contributed by atoms with Gasteiger partial charge in [-0.15, -0.1) is 6.42 Å². The zero-order valence-corrected chi connectivity index (χ0v) is 9.79. The van der Waals surface area contributed by atoms with E-state index in [0.717, 1.165) is 5.56 Å². The SMILES string of the molecule is C#CCNCC(=O)c1ccc(C(C)C)cc1. The number of nitrogens with one attached hydrogen (secondary N) is 1. The van der Waals surface area contributed by atoms with Gasteiger partial charge >= 0.3 is 0 Å². The Hall–Kier alpha value is -1.59. The molecule has 0 saturated carbocycles. The van der Waals surface area contributed by atoms with E-state index in [1.807, 2.05) is 24.3 Å². The molecule has 16 heavy (non-hydrogen) atoms. The van der Waals surface area contributed by atoms with Gasteiger partial charge in [0.2, 0.25) is 0 Å². The van der Waals surface area contributed by atoms with Crippen molar-refractivity contribution in [3.05, 3.63) is 35.4 Å². The summed E-state index contributed by atoms with van der Waals surface area (Å²) in [5, 5.41) is 2.89. The third kappa shape index (κ3) is 3.52. The van der Waals surface area contributed by atoms with Gasteiger partial charge in [0.05, 0.1) is 13.1 Å². The van der Waals surface area contributed by atoms with Crippen molar-refractivity contribution >= 4 is 5.78 Å². The number of benzene rings is 1. The van der Waals surface area contributed by atoms with Crippen LogP contribution >= 0.6 is 0 Å². The summed E-state index contributed by atoms with van der Waals surface area (Å²) >= 11 is 0. The average molecular weight is 215 g/mol. The zero-order valence-electron chi connectivity index (χ0n) is 9.79. The largest absolute Gasteiger partial charge is 0.299 e. The zero-order chi connectivity index (χ0) is 12.0. The molecular weight excluding hydrogens is 198 g/mol. The number of terminal acetylenes is 1. The Balaban J connectivity index is 2.60. The molecule has 0 bridgehead atoms. The maximum Gasteiger partial charge on any atom is 0.176 e. The van der Waals surface area contributed by atoms with Gasteiger partial charge in [0.25, 0.3) is 0 Å². The molecule has 0 fully saturated rings. The summed E-state index contributed by atoms with van der Waals surface area (Å²) < 4.78 is 0. The summed E-state index contributed by atoms with van der Waals surface area (Å²) in [6.45, 7) is 4.98. The van der Waals surface area contributed by atoms with Gasteiger partial charge in [-0.1, -0.05) is 44.0 Å². The van der Waals surface area contributed by atoms with Crippen molar-refractivity contribution in [2.24, 2.45) is 0 Å². The monoisotopic (exact) mass is 215 g/mol. The molecule has 2 nitrogen and oxygen atoms in total. The van der Waals surface area contributed by atoms with Gasteiger partial charge in [-0.3, -0.25) is 10.1 Å². The number of rotatable bonds is 5. The number of hydrogen-bond donors (Lipinski definition) is 1. The molecule has 84 valence electrons. The van der Waals surface area contributed by atoms with Gasteiger partial charge in [0.15, 0.2) is 5.78 Å². The number of hydrogen-bond acceptors (Lipinski definition) is 2. The van der Waals surface area contributed by atoms with Crippen LogP contribution in [0.3, 0.4) is 0 Å². The molecule has 0 saturated heterocycles. The smallest absolute Gasteiger partial charge is 0.176 e. The summed E-state index contributed by atoms with van der Waals surface area (Å²) in [7, 11) is 0. The first kappa shape index (κ1) is 12.5. The Morgan fingerprint density at radius 1 is 1.38 bits per heavy atom. The second-order valence-corrected chi connectivity index (χ2v) is 4.01. The van der Waals surface area contributed by atoms with Gasteiger partial charge in [0.1, 0.15) is 0 Å². The van der Waals surface area contributed by atoms with Crippen LogP contribution in [0, 0.1) is 12.3 Å². The fraction of sp³-hybridized carbons (Fsp3) is 0.357. The van der Waals surface area contributed by atoms with E-state index in [2.05, 4.69) is 25.1 Å². The Morgan fingerprint density at radius 2 is 2.00 bits per heavy atom. The van der Waals surface area contributed by atoms with Crippen LogP contribution in [0.4, 0.5) is 0 Å². The summed E-state index contributed by atoms with van der Waals surface area (Å²) in [4.78, 5) is 11.7. The molecule has 0 amide bonds. The van der Waals surface area contributed by atoms with Crippen LogP contribution in [-0.2, 0) is 0 Å². The molecule has 0 atom stereocenters. The Bertz CT molecular complexity index is 384. The fourth-order valence-corrected chi connectivity index (χ4v) is 1.40. The lowest BCUT2D eigenvalue weighted by Gasteiger charge is -2.06. The normalized spacial score (nSPS) is 10.1. The number of carbonyl (C=O) groups excluding carboxylic acids is 1. The van der Waals surface area contributed by atoms with Crippen molar-refractivity contribution in [3.8, 4) is 12.3 Å². The van der Waals surface area contributed by atoms with E-state index in [-0.39, 0.29) is 5.78 Å². The molecule has 0 aliphatic carbocycles. The van der Waals surface area contributed by atoms with E-state index in [1.54, 1.807) is 0 Å². The summed E-state index contributed by atoms with van der Waals surface area (Å²) in [5.74, 6) is 3.00. The van der Waals surface area contributed by atoms with Crippen molar-refractivity contribution in [2.75, 3.05) is 13.1 Å². The van der Waals surface area contributed by atoms with E-state index >= 15 is 0 Å². The third-order valence-corrected chi connectivity index (χ3v) is 2.41. The minimum Gasteiger partial charge on any atom is -0.299 e. The third-order valence-electron chi connectivity index (χ3n) is 2.41. The lowest BCUT2D eigenvalue weighted by molar-refractivity contribution is 0.0992. The molecular formula is C14H17NO. The standard InChI is InChI=1S/C14H17NO/c1-4-9-15-10-14(16)13-7-5-12(6-8-13)11(2)3/h1,5-8,11,15H,9-10H2,2-3H3. The summed E-state index contributed by atoms with van der Waals surface area (Å²) in [6.07, 6.45) is 5.08. The van der Waals surface area contributed by atoms with Gasteiger partial charge in [-0.05, 0) is 11.5 Å². The number of carbonyl (C=O) groups is 1. The number of Topliss-reactive ketones (excluding diaryl/α,β-unsaturated/α-hetero) is 1. The molecule has 1 rings (SSSR count). The first-order chi connectivity index (χ1) is 7.65. The quantitative estimate of drug-likeness (QED) is 0.463. The van der Waals surface area contributed by atoms with Crippen molar-refractivity contribution in [2.45, 2.75) is 19.8 Å². The van der Waals surface area contributed by atoms with Crippen LogP contribution in [-0.4, -0.2) is 18.9 Å². The van der Waals surface area contributed by atoms with Crippen molar-refractivity contribution < 1.29 is 4.79 Å². The summed E-state index contributed by atoms with van der Waals surface area (Å²) in [6, 6.07) is 7.74. The highest BCUT2D eigenvalue weighted by Crippen LogP contribution is 2.14. The van der Waals surface area contributed by atoms with E-state index in [1.165, 1.54) is 5.56 Å². The minimum absolute atomic E-state index is 0.0746. The van der Waals surface area contributed by atoms with Crippen LogP contribution < -0.4 is 5.32 Å². The van der Waals surface area contributed by atoms with E-state index in [0.29, 0.717) is 19.0 Å². The topological polar surface area (TPSA) is 29.1 Å². The molecule has 0 unspecified atom stereocenters. The molecule has 0 aliphatic heterocycles. The maximum atomic E-state index is 11.7. The second kappa shape index (κ2) is 6.09. The Labute approximate surface area is 97.1 Å². The van der Waals surface area contributed by atoms with Gasteiger partial charge in [-0.2, -0.15) is 0 Å².